The van der Waals surface area contributed by atoms with E-state index >= 15 is 0 Å². The highest BCUT2D eigenvalue weighted by Gasteiger charge is 2.36. The number of rotatable bonds is 3. The van der Waals surface area contributed by atoms with E-state index in [1.807, 2.05) is 6.07 Å². The predicted octanol–water partition coefficient (Wildman–Crippen LogP) is 2.08. The lowest BCUT2D eigenvalue weighted by Crippen LogP contribution is -2.41. The second-order valence-electron chi connectivity index (χ2n) is 2.32. The molecule has 4 heteroatoms. The smallest absolute Gasteiger partial charge is 0.377 e. The van der Waals surface area contributed by atoms with Crippen LogP contribution >= 0.6 is 11.1 Å². The van der Waals surface area contributed by atoms with Crippen LogP contribution in [0.1, 0.15) is 6.92 Å². The highest BCUT2D eigenvalue weighted by atomic mass is 35.6. The zero-order valence-corrected chi connectivity index (χ0v) is 8.51. The third-order valence-corrected chi connectivity index (χ3v) is 4.07. The average Bonchev–Trinajstić information content (AvgIpc) is 2.06. The molecule has 0 saturated heterocycles. The van der Waals surface area contributed by atoms with Crippen molar-refractivity contribution in [2.75, 3.05) is 6.61 Å². The van der Waals surface area contributed by atoms with Crippen LogP contribution in [-0.2, 0) is 4.43 Å². The normalized spacial score (nSPS) is 15.6. The van der Waals surface area contributed by atoms with Crippen LogP contribution in [0.4, 0.5) is 4.11 Å². The first-order chi connectivity index (χ1) is 5.67. The molecule has 1 aromatic carbocycles. The molecular formula is C8H10ClFOSi. The van der Waals surface area contributed by atoms with E-state index in [4.69, 9.17) is 15.5 Å². The highest BCUT2D eigenvalue weighted by Crippen LogP contribution is 2.12. The summed E-state index contributed by atoms with van der Waals surface area (Å²) >= 11 is 5.61. The Hall–Kier alpha value is -0.383. The first kappa shape index (κ1) is 9.70. The molecule has 0 spiro atoms. The summed E-state index contributed by atoms with van der Waals surface area (Å²) in [4.78, 5) is 0. The molecule has 0 N–H and O–H groups in total. The minimum absolute atomic E-state index is 0.307. The number of hydrogen-bond acceptors (Lipinski definition) is 1. The van der Waals surface area contributed by atoms with Gasteiger partial charge in [0.1, 0.15) is 0 Å². The minimum Gasteiger partial charge on any atom is -0.377 e. The van der Waals surface area contributed by atoms with Gasteiger partial charge in [-0.1, -0.05) is 41.4 Å². The van der Waals surface area contributed by atoms with Crippen molar-refractivity contribution in [3.05, 3.63) is 30.3 Å². The molecule has 1 atom stereocenters. The van der Waals surface area contributed by atoms with E-state index in [-0.39, 0.29) is 0 Å². The van der Waals surface area contributed by atoms with Crippen LogP contribution in [-0.4, -0.2) is 14.6 Å². The second-order valence-corrected chi connectivity index (χ2v) is 5.67. The molecule has 1 nitrogen and oxygen atoms in total. The van der Waals surface area contributed by atoms with Crippen molar-refractivity contribution >= 4 is 24.2 Å². The molecular weight excluding hydrogens is 195 g/mol. The molecule has 1 unspecified atom stereocenters. The zero-order chi connectivity index (χ0) is 9.03. The van der Waals surface area contributed by atoms with Crippen LogP contribution in [0, 0.1) is 0 Å². The van der Waals surface area contributed by atoms with Gasteiger partial charge < -0.3 is 4.43 Å². The Kier molecular flexibility index (Phi) is 3.26. The van der Waals surface area contributed by atoms with Gasteiger partial charge in [-0.3, -0.25) is 4.11 Å². The molecule has 0 aromatic heterocycles. The Bertz CT molecular complexity index is 240. The van der Waals surface area contributed by atoms with Gasteiger partial charge in [-0.05, 0) is 6.92 Å². The molecule has 0 saturated carbocycles. The second kappa shape index (κ2) is 4.03. The van der Waals surface area contributed by atoms with E-state index in [9.17, 15) is 4.11 Å². The maximum Gasteiger partial charge on any atom is 0.517 e. The number of hydrogen-bond donors (Lipinski definition) is 0. The fourth-order valence-corrected chi connectivity index (χ4v) is 2.71. The average molecular weight is 205 g/mol. The van der Waals surface area contributed by atoms with Crippen LogP contribution in [0.25, 0.3) is 0 Å². The molecule has 0 amide bonds. The van der Waals surface area contributed by atoms with Crippen molar-refractivity contribution in [3.8, 4) is 0 Å². The lowest BCUT2D eigenvalue weighted by atomic mass is 10.4. The largest absolute Gasteiger partial charge is 0.517 e. The van der Waals surface area contributed by atoms with Crippen LogP contribution in [0.5, 0.6) is 0 Å². The number of halogens is 2. The maximum absolute atomic E-state index is 13.5. The SMILES string of the molecule is CCO[Si](F)(Cl)c1ccccc1. The van der Waals surface area contributed by atoms with Gasteiger partial charge in [-0.2, -0.15) is 0 Å². The monoisotopic (exact) mass is 204 g/mol. The van der Waals surface area contributed by atoms with Crippen molar-refractivity contribution < 1.29 is 8.53 Å². The molecule has 0 heterocycles. The lowest BCUT2D eigenvalue weighted by molar-refractivity contribution is 0.312. The quantitative estimate of drug-likeness (QED) is 0.541. The van der Waals surface area contributed by atoms with Gasteiger partial charge in [0, 0.05) is 11.8 Å². The van der Waals surface area contributed by atoms with E-state index in [1.54, 1.807) is 31.2 Å². The summed E-state index contributed by atoms with van der Waals surface area (Å²) in [6.07, 6.45) is 0. The Balaban J connectivity index is 2.82. The molecule has 0 aliphatic rings. The molecule has 0 fully saturated rings. The molecule has 66 valence electrons. The van der Waals surface area contributed by atoms with E-state index < -0.39 is 7.96 Å². The Morgan fingerprint density at radius 3 is 2.50 bits per heavy atom. The lowest BCUT2D eigenvalue weighted by Gasteiger charge is -2.13. The first-order valence-corrected chi connectivity index (χ1v) is 6.54. The van der Waals surface area contributed by atoms with E-state index in [0.717, 1.165) is 0 Å². The molecule has 12 heavy (non-hydrogen) atoms. The zero-order valence-electron chi connectivity index (χ0n) is 6.76. The van der Waals surface area contributed by atoms with E-state index in [2.05, 4.69) is 0 Å². The van der Waals surface area contributed by atoms with Crippen molar-refractivity contribution in [2.45, 2.75) is 6.92 Å². The molecule has 0 aliphatic carbocycles. The molecule has 0 radical (unpaired) electrons. The summed E-state index contributed by atoms with van der Waals surface area (Å²) < 4.78 is 18.4. The predicted molar refractivity (Wildman–Crippen MR) is 50.4 cm³/mol. The van der Waals surface area contributed by atoms with Crippen molar-refractivity contribution in [3.63, 3.8) is 0 Å². The Morgan fingerprint density at radius 1 is 1.42 bits per heavy atom. The summed E-state index contributed by atoms with van der Waals surface area (Å²) in [5.41, 5.74) is 0. The van der Waals surface area contributed by atoms with Gasteiger partial charge in [-0.25, -0.2) is 0 Å². The first-order valence-electron chi connectivity index (χ1n) is 3.74. The third kappa shape index (κ3) is 2.30. The Morgan fingerprint density at radius 2 is 2.00 bits per heavy atom. The van der Waals surface area contributed by atoms with Gasteiger partial charge in [0.05, 0.1) is 0 Å². The van der Waals surface area contributed by atoms with Crippen LogP contribution in [0.15, 0.2) is 30.3 Å². The van der Waals surface area contributed by atoms with E-state index in [1.165, 1.54) is 0 Å². The summed E-state index contributed by atoms with van der Waals surface area (Å²) in [7, 11) is -3.61. The van der Waals surface area contributed by atoms with Gasteiger partial charge in [0.25, 0.3) is 0 Å². The standard InChI is InChI=1S/C8H10ClFOSi/c1-2-11-12(9,10)8-6-4-3-5-7-8/h3-7H,2H2,1H3. The molecule has 1 aromatic rings. The van der Waals surface area contributed by atoms with Gasteiger partial charge in [0.15, 0.2) is 0 Å². The summed E-state index contributed by atoms with van der Waals surface area (Å²) in [6.45, 7) is 2.04. The van der Waals surface area contributed by atoms with Crippen molar-refractivity contribution in [1.82, 2.24) is 0 Å². The van der Waals surface area contributed by atoms with Crippen LogP contribution < -0.4 is 5.19 Å². The van der Waals surface area contributed by atoms with Crippen molar-refractivity contribution in [2.24, 2.45) is 0 Å². The summed E-state index contributed by atoms with van der Waals surface area (Å²) in [5.74, 6) is 0. The molecule has 1 rings (SSSR count). The maximum atomic E-state index is 13.5. The molecule has 0 bridgehead atoms. The fraction of sp³-hybridized carbons (Fsp3) is 0.250. The van der Waals surface area contributed by atoms with Gasteiger partial charge >= 0.3 is 7.96 Å². The highest BCUT2D eigenvalue weighted by molar-refractivity contribution is 7.19. The van der Waals surface area contributed by atoms with Gasteiger partial charge in [-0.15, -0.1) is 0 Å². The van der Waals surface area contributed by atoms with Gasteiger partial charge in [0.2, 0.25) is 0 Å². The molecule has 0 aliphatic heterocycles. The van der Waals surface area contributed by atoms with Crippen LogP contribution in [0.2, 0.25) is 0 Å². The van der Waals surface area contributed by atoms with E-state index in [0.29, 0.717) is 11.8 Å². The minimum atomic E-state index is -3.61. The number of benzene rings is 1. The van der Waals surface area contributed by atoms with Crippen LogP contribution in [0.3, 0.4) is 0 Å². The topological polar surface area (TPSA) is 9.23 Å². The third-order valence-electron chi connectivity index (χ3n) is 1.44. The Labute approximate surface area is 77.1 Å². The summed E-state index contributed by atoms with van der Waals surface area (Å²) in [5, 5.41) is 0.466. The summed E-state index contributed by atoms with van der Waals surface area (Å²) in [6, 6.07) is 8.61. The fourth-order valence-electron chi connectivity index (χ4n) is 0.897. The van der Waals surface area contributed by atoms with Crippen molar-refractivity contribution in [1.29, 1.82) is 0 Å².